The standard InChI is InChI=1S/C16H14N2O3S3/c1-8-12(15(22-2)24-13(8)14(20)21)11-7-23-16(18-11)17-9-4-3-5-10(19)6-9/h3-7,19H,1-2H3,(H,17,18)(H,20,21). The molecule has 0 saturated heterocycles. The van der Waals surface area contributed by atoms with E-state index < -0.39 is 5.97 Å². The molecule has 1 aromatic carbocycles. The summed E-state index contributed by atoms with van der Waals surface area (Å²) in [4.78, 5) is 16.3. The first-order valence-electron chi connectivity index (χ1n) is 6.92. The van der Waals surface area contributed by atoms with Crippen LogP contribution in [0.15, 0.2) is 33.9 Å². The van der Waals surface area contributed by atoms with Crippen molar-refractivity contribution in [1.29, 1.82) is 0 Å². The fourth-order valence-corrected chi connectivity index (χ4v) is 4.94. The molecule has 3 aromatic rings. The van der Waals surface area contributed by atoms with Crippen LogP contribution in [-0.4, -0.2) is 27.4 Å². The second-order valence-electron chi connectivity index (χ2n) is 4.94. The van der Waals surface area contributed by atoms with Crippen molar-refractivity contribution in [3.05, 3.63) is 40.1 Å². The van der Waals surface area contributed by atoms with Gasteiger partial charge in [-0.2, -0.15) is 0 Å². The highest BCUT2D eigenvalue weighted by atomic mass is 32.2. The minimum Gasteiger partial charge on any atom is -0.508 e. The summed E-state index contributed by atoms with van der Waals surface area (Å²) in [7, 11) is 0. The summed E-state index contributed by atoms with van der Waals surface area (Å²) >= 11 is 4.24. The van der Waals surface area contributed by atoms with E-state index in [0.29, 0.717) is 10.0 Å². The number of hydrogen-bond donors (Lipinski definition) is 3. The number of thiazole rings is 1. The maximum atomic E-state index is 11.4. The van der Waals surface area contributed by atoms with Gasteiger partial charge in [-0.25, -0.2) is 9.78 Å². The van der Waals surface area contributed by atoms with Crippen LogP contribution in [0.4, 0.5) is 10.8 Å². The van der Waals surface area contributed by atoms with E-state index in [1.54, 1.807) is 18.2 Å². The van der Waals surface area contributed by atoms with E-state index in [9.17, 15) is 15.0 Å². The average molecular weight is 379 g/mol. The number of carboxylic acid groups (broad SMARTS) is 1. The third kappa shape index (κ3) is 3.26. The predicted octanol–water partition coefficient (Wildman–Crippen LogP) is 5.05. The Bertz CT molecular complexity index is 902. The highest BCUT2D eigenvalue weighted by molar-refractivity contribution is 8.00. The molecule has 0 aliphatic rings. The summed E-state index contributed by atoms with van der Waals surface area (Å²) in [5.41, 5.74) is 3.12. The topological polar surface area (TPSA) is 82.5 Å². The zero-order chi connectivity index (χ0) is 17.3. The van der Waals surface area contributed by atoms with Crippen LogP contribution in [0.3, 0.4) is 0 Å². The summed E-state index contributed by atoms with van der Waals surface area (Å²) in [6.45, 7) is 1.82. The number of nitrogens with one attached hydrogen (secondary N) is 1. The van der Waals surface area contributed by atoms with Crippen LogP contribution in [-0.2, 0) is 0 Å². The molecule has 2 heterocycles. The second kappa shape index (κ2) is 6.84. The van der Waals surface area contributed by atoms with Crippen molar-refractivity contribution in [2.45, 2.75) is 11.1 Å². The van der Waals surface area contributed by atoms with Gasteiger partial charge in [0, 0.05) is 22.7 Å². The molecule has 0 spiro atoms. The Balaban J connectivity index is 1.95. The number of benzene rings is 1. The fraction of sp³-hybridized carbons (Fsp3) is 0.125. The number of rotatable bonds is 5. The van der Waals surface area contributed by atoms with Crippen molar-refractivity contribution in [3.8, 4) is 17.0 Å². The third-order valence-corrected chi connectivity index (χ3v) is 6.51. The van der Waals surface area contributed by atoms with Crippen molar-refractivity contribution in [1.82, 2.24) is 4.98 Å². The molecule has 2 aromatic heterocycles. The fourth-order valence-electron chi connectivity index (χ4n) is 2.28. The van der Waals surface area contributed by atoms with Crippen molar-refractivity contribution >= 4 is 51.2 Å². The van der Waals surface area contributed by atoms with E-state index >= 15 is 0 Å². The molecule has 3 N–H and O–H groups in total. The molecule has 24 heavy (non-hydrogen) atoms. The van der Waals surface area contributed by atoms with E-state index in [1.165, 1.54) is 34.4 Å². The number of hydrogen-bond acceptors (Lipinski definition) is 7. The van der Waals surface area contributed by atoms with Crippen LogP contribution in [0.2, 0.25) is 0 Å². The monoisotopic (exact) mass is 378 g/mol. The van der Waals surface area contributed by atoms with Crippen LogP contribution in [0.5, 0.6) is 5.75 Å². The maximum absolute atomic E-state index is 11.4. The van der Waals surface area contributed by atoms with Crippen molar-refractivity contribution in [2.75, 3.05) is 11.6 Å². The quantitative estimate of drug-likeness (QED) is 0.539. The van der Waals surface area contributed by atoms with Gasteiger partial charge in [0.25, 0.3) is 0 Å². The number of carboxylic acids is 1. The van der Waals surface area contributed by atoms with Crippen LogP contribution < -0.4 is 5.32 Å². The van der Waals surface area contributed by atoms with Gasteiger partial charge in [-0.1, -0.05) is 6.07 Å². The normalized spacial score (nSPS) is 10.8. The van der Waals surface area contributed by atoms with E-state index in [2.05, 4.69) is 10.3 Å². The first-order chi connectivity index (χ1) is 11.5. The molecule has 0 amide bonds. The van der Waals surface area contributed by atoms with Crippen LogP contribution in [0.25, 0.3) is 11.3 Å². The first-order valence-corrected chi connectivity index (χ1v) is 9.84. The molecule has 124 valence electrons. The summed E-state index contributed by atoms with van der Waals surface area (Å²) in [5, 5.41) is 24.6. The van der Waals surface area contributed by atoms with Gasteiger partial charge in [0.2, 0.25) is 0 Å². The maximum Gasteiger partial charge on any atom is 0.346 e. The number of carbonyl (C=O) groups is 1. The molecule has 0 unspecified atom stereocenters. The van der Waals surface area contributed by atoms with Crippen molar-refractivity contribution < 1.29 is 15.0 Å². The highest BCUT2D eigenvalue weighted by Crippen LogP contribution is 2.42. The molecule has 5 nitrogen and oxygen atoms in total. The average Bonchev–Trinajstić information content (AvgIpc) is 3.11. The summed E-state index contributed by atoms with van der Waals surface area (Å²) < 4.78 is 0.944. The molecule has 0 aliphatic heterocycles. The molecule has 0 aliphatic carbocycles. The summed E-state index contributed by atoms with van der Waals surface area (Å²) in [6.07, 6.45) is 1.93. The zero-order valence-electron chi connectivity index (χ0n) is 12.9. The Morgan fingerprint density at radius 3 is 2.83 bits per heavy atom. The van der Waals surface area contributed by atoms with Crippen molar-refractivity contribution in [3.63, 3.8) is 0 Å². The lowest BCUT2D eigenvalue weighted by molar-refractivity contribution is 0.0701. The number of anilines is 2. The zero-order valence-corrected chi connectivity index (χ0v) is 15.3. The highest BCUT2D eigenvalue weighted by Gasteiger charge is 2.22. The van der Waals surface area contributed by atoms with Gasteiger partial charge >= 0.3 is 5.97 Å². The van der Waals surface area contributed by atoms with Gasteiger partial charge in [0.15, 0.2) is 5.13 Å². The predicted molar refractivity (Wildman–Crippen MR) is 100 cm³/mol. The van der Waals surface area contributed by atoms with E-state index in [4.69, 9.17) is 0 Å². The SMILES string of the molecule is CSc1sc(C(=O)O)c(C)c1-c1csc(Nc2cccc(O)c2)n1. The first kappa shape index (κ1) is 16.8. The lowest BCUT2D eigenvalue weighted by atomic mass is 10.1. The van der Waals surface area contributed by atoms with Gasteiger partial charge in [-0.15, -0.1) is 34.4 Å². The molecular formula is C16H14N2O3S3. The van der Waals surface area contributed by atoms with Gasteiger partial charge in [-0.05, 0) is 30.9 Å². The van der Waals surface area contributed by atoms with Crippen molar-refractivity contribution in [2.24, 2.45) is 0 Å². The van der Waals surface area contributed by atoms with Crippen LogP contribution in [0.1, 0.15) is 15.2 Å². The number of aromatic carboxylic acids is 1. The Hall–Kier alpha value is -2.03. The van der Waals surface area contributed by atoms with Gasteiger partial charge in [-0.3, -0.25) is 0 Å². The number of aromatic hydroxyl groups is 1. The Morgan fingerprint density at radius 2 is 2.17 bits per heavy atom. The number of nitrogens with zero attached hydrogens (tertiary/aromatic N) is 1. The summed E-state index contributed by atoms with van der Waals surface area (Å²) in [6, 6.07) is 6.81. The molecule has 0 bridgehead atoms. The largest absolute Gasteiger partial charge is 0.508 e. The number of thiophene rings is 1. The van der Waals surface area contributed by atoms with E-state index in [1.807, 2.05) is 24.6 Å². The molecular weight excluding hydrogens is 364 g/mol. The minimum atomic E-state index is -0.910. The lowest BCUT2D eigenvalue weighted by Crippen LogP contribution is -1.94. The summed E-state index contributed by atoms with van der Waals surface area (Å²) in [5.74, 6) is -0.728. The molecule has 0 fully saturated rings. The van der Waals surface area contributed by atoms with E-state index in [0.717, 1.165) is 26.7 Å². The number of phenolic OH excluding ortho intramolecular Hbond substituents is 1. The molecule has 0 saturated carbocycles. The Morgan fingerprint density at radius 1 is 1.38 bits per heavy atom. The number of phenols is 1. The lowest BCUT2D eigenvalue weighted by Gasteiger charge is -2.03. The number of thioether (sulfide) groups is 1. The third-order valence-electron chi connectivity index (χ3n) is 3.35. The van der Waals surface area contributed by atoms with Gasteiger partial charge in [0.1, 0.15) is 10.6 Å². The molecule has 8 heteroatoms. The van der Waals surface area contributed by atoms with Crippen LogP contribution >= 0.6 is 34.4 Å². The van der Waals surface area contributed by atoms with Crippen LogP contribution in [0, 0.1) is 6.92 Å². The number of aromatic nitrogens is 1. The Labute approximate surface area is 151 Å². The van der Waals surface area contributed by atoms with E-state index in [-0.39, 0.29) is 5.75 Å². The molecule has 0 radical (unpaired) electrons. The minimum absolute atomic E-state index is 0.182. The Kier molecular flexibility index (Phi) is 4.79. The molecule has 3 rings (SSSR count). The van der Waals surface area contributed by atoms with Gasteiger partial charge in [0.05, 0.1) is 9.90 Å². The smallest absolute Gasteiger partial charge is 0.346 e. The van der Waals surface area contributed by atoms with Gasteiger partial charge < -0.3 is 15.5 Å². The second-order valence-corrected chi connectivity index (χ2v) is 7.89. The molecule has 0 atom stereocenters.